The first-order chi connectivity index (χ1) is 7.54. The maximum atomic E-state index is 11.3. The SMILES string of the molecule is COCC(=O)Cc1ccc([N+](=O)[O-])cc1Br. The number of nitro benzene ring substituents is 1. The van der Waals surface area contributed by atoms with Crippen LogP contribution in [0.15, 0.2) is 22.7 Å². The number of ketones is 1. The van der Waals surface area contributed by atoms with Gasteiger partial charge in [-0.2, -0.15) is 0 Å². The zero-order chi connectivity index (χ0) is 12.1. The molecule has 0 unspecified atom stereocenters. The normalized spacial score (nSPS) is 10.1. The monoisotopic (exact) mass is 287 g/mol. The summed E-state index contributed by atoms with van der Waals surface area (Å²) in [6.45, 7) is 0.0451. The average Bonchev–Trinajstić information content (AvgIpc) is 2.21. The Hall–Kier alpha value is -1.27. The fourth-order valence-corrected chi connectivity index (χ4v) is 1.72. The molecule has 0 saturated carbocycles. The third kappa shape index (κ3) is 3.39. The van der Waals surface area contributed by atoms with Gasteiger partial charge < -0.3 is 4.74 Å². The molecular weight excluding hydrogens is 278 g/mol. The molecule has 16 heavy (non-hydrogen) atoms. The van der Waals surface area contributed by atoms with Crippen LogP contribution in [-0.2, 0) is 16.0 Å². The molecule has 0 aliphatic carbocycles. The molecule has 1 rings (SSSR count). The molecule has 1 aromatic rings. The van der Waals surface area contributed by atoms with E-state index in [1.807, 2.05) is 0 Å². The summed E-state index contributed by atoms with van der Waals surface area (Å²) >= 11 is 3.20. The minimum Gasteiger partial charge on any atom is -0.377 e. The highest BCUT2D eigenvalue weighted by Gasteiger charge is 2.11. The van der Waals surface area contributed by atoms with E-state index >= 15 is 0 Å². The van der Waals surface area contributed by atoms with Crippen molar-refractivity contribution in [3.05, 3.63) is 38.3 Å². The third-order valence-electron chi connectivity index (χ3n) is 1.94. The van der Waals surface area contributed by atoms with Gasteiger partial charge in [-0.3, -0.25) is 14.9 Å². The van der Waals surface area contributed by atoms with Crippen LogP contribution >= 0.6 is 15.9 Å². The Morgan fingerprint density at radius 1 is 1.56 bits per heavy atom. The molecule has 6 heteroatoms. The van der Waals surface area contributed by atoms with Crippen molar-refractivity contribution in [3.8, 4) is 0 Å². The van der Waals surface area contributed by atoms with Crippen LogP contribution in [0.1, 0.15) is 5.56 Å². The average molecular weight is 288 g/mol. The minimum absolute atomic E-state index is 0.00480. The van der Waals surface area contributed by atoms with E-state index in [2.05, 4.69) is 15.9 Å². The lowest BCUT2D eigenvalue weighted by molar-refractivity contribution is -0.384. The Morgan fingerprint density at radius 3 is 2.75 bits per heavy atom. The molecule has 0 aliphatic rings. The van der Waals surface area contributed by atoms with E-state index in [1.54, 1.807) is 6.07 Å². The molecule has 86 valence electrons. The number of rotatable bonds is 5. The lowest BCUT2D eigenvalue weighted by atomic mass is 10.1. The molecular formula is C10H10BrNO4. The summed E-state index contributed by atoms with van der Waals surface area (Å²) in [5.41, 5.74) is 0.711. The Kier molecular flexibility index (Phi) is 4.57. The number of carbonyl (C=O) groups excluding carboxylic acids is 1. The number of nitrogens with zero attached hydrogens (tertiary/aromatic N) is 1. The second-order valence-corrected chi connectivity index (χ2v) is 4.04. The van der Waals surface area contributed by atoms with Crippen LogP contribution in [0.3, 0.4) is 0 Å². The number of nitro groups is 1. The molecule has 0 heterocycles. The van der Waals surface area contributed by atoms with E-state index < -0.39 is 4.92 Å². The molecule has 0 radical (unpaired) electrons. The Bertz CT molecular complexity index is 419. The van der Waals surface area contributed by atoms with Crippen molar-refractivity contribution >= 4 is 27.4 Å². The molecule has 0 bridgehead atoms. The van der Waals surface area contributed by atoms with E-state index in [9.17, 15) is 14.9 Å². The Labute approximate surface area is 101 Å². The first kappa shape index (κ1) is 12.8. The van der Waals surface area contributed by atoms with Crippen molar-refractivity contribution in [2.24, 2.45) is 0 Å². The van der Waals surface area contributed by atoms with Crippen LogP contribution in [0, 0.1) is 10.1 Å². The number of hydrogen-bond donors (Lipinski definition) is 0. The smallest absolute Gasteiger partial charge is 0.270 e. The largest absolute Gasteiger partial charge is 0.377 e. The number of non-ortho nitro benzene ring substituents is 1. The summed E-state index contributed by atoms with van der Waals surface area (Å²) in [5, 5.41) is 10.5. The molecule has 0 atom stereocenters. The molecule has 0 N–H and O–H groups in total. The van der Waals surface area contributed by atoms with E-state index in [0.29, 0.717) is 10.0 Å². The molecule has 0 fully saturated rings. The van der Waals surface area contributed by atoms with E-state index in [4.69, 9.17) is 4.74 Å². The Morgan fingerprint density at radius 2 is 2.25 bits per heavy atom. The van der Waals surface area contributed by atoms with Crippen molar-refractivity contribution in [2.75, 3.05) is 13.7 Å². The van der Waals surface area contributed by atoms with Gasteiger partial charge in [0.25, 0.3) is 5.69 Å². The summed E-state index contributed by atoms with van der Waals surface area (Å²) < 4.78 is 5.27. The van der Waals surface area contributed by atoms with E-state index in [-0.39, 0.29) is 24.5 Å². The second kappa shape index (κ2) is 5.72. The van der Waals surface area contributed by atoms with Gasteiger partial charge >= 0.3 is 0 Å². The third-order valence-corrected chi connectivity index (χ3v) is 2.68. The molecule has 0 spiro atoms. The summed E-state index contributed by atoms with van der Waals surface area (Å²) in [4.78, 5) is 21.3. The number of methoxy groups -OCH3 is 1. The topological polar surface area (TPSA) is 69.4 Å². The van der Waals surface area contributed by atoms with Crippen LogP contribution in [0.25, 0.3) is 0 Å². The number of benzene rings is 1. The predicted octanol–water partition coefficient (Wildman–Crippen LogP) is 2.12. The van der Waals surface area contributed by atoms with Crippen molar-refractivity contribution < 1.29 is 14.5 Å². The van der Waals surface area contributed by atoms with Crippen molar-refractivity contribution in [1.29, 1.82) is 0 Å². The number of hydrogen-bond acceptors (Lipinski definition) is 4. The van der Waals surface area contributed by atoms with Gasteiger partial charge in [-0.25, -0.2) is 0 Å². The molecule has 0 saturated heterocycles. The highest BCUT2D eigenvalue weighted by atomic mass is 79.9. The first-order valence-electron chi connectivity index (χ1n) is 4.48. The maximum absolute atomic E-state index is 11.3. The van der Waals surface area contributed by atoms with Gasteiger partial charge in [0.2, 0.25) is 0 Å². The van der Waals surface area contributed by atoms with Gasteiger partial charge in [-0.15, -0.1) is 0 Å². The number of halogens is 1. The number of carbonyl (C=O) groups is 1. The first-order valence-corrected chi connectivity index (χ1v) is 5.27. The molecule has 5 nitrogen and oxygen atoms in total. The highest BCUT2D eigenvalue weighted by molar-refractivity contribution is 9.10. The summed E-state index contributed by atoms with van der Waals surface area (Å²) in [5.74, 6) is -0.0722. The molecule has 0 aliphatic heterocycles. The van der Waals surface area contributed by atoms with Gasteiger partial charge in [0.15, 0.2) is 5.78 Å². The summed E-state index contributed by atoms with van der Waals surface area (Å²) in [6.07, 6.45) is 0.201. The quantitative estimate of drug-likeness (QED) is 0.614. The van der Waals surface area contributed by atoms with Gasteiger partial charge in [0.05, 0.1) is 4.92 Å². The van der Waals surface area contributed by atoms with Gasteiger partial charge in [0, 0.05) is 30.1 Å². The van der Waals surface area contributed by atoms with Crippen molar-refractivity contribution in [2.45, 2.75) is 6.42 Å². The van der Waals surface area contributed by atoms with Crippen LogP contribution < -0.4 is 0 Å². The van der Waals surface area contributed by atoms with Gasteiger partial charge in [-0.1, -0.05) is 22.0 Å². The van der Waals surface area contributed by atoms with Gasteiger partial charge in [-0.05, 0) is 5.56 Å². The molecule has 1 aromatic carbocycles. The predicted molar refractivity (Wildman–Crippen MR) is 61.4 cm³/mol. The number of ether oxygens (including phenoxy) is 1. The minimum atomic E-state index is -0.481. The summed E-state index contributed by atoms with van der Waals surface area (Å²) in [7, 11) is 1.45. The van der Waals surface area contributed by atoms with Crippen molar-refractivity contribution in [1.82, 2.24) is 0 Å². The van der Waals surface area contributed by atoms with Crippen LogP contribution in [0.2, 0.25) is 0 Å². The van der Waals surface area contributed by atoms with Crippen LogP contribution in [0.5, 0.6) is 0 Å². The van der Waals surface area contributed by atoms with E-state index in [1.165, 1.54) is 19.2 Å². The lowest BCUT2D eigenvalue weighted by Gasteiger charge is -2.03. The fourth-order valence-electron chi connectivity index (χ4n) is 1.22. The van der Waals surface area contributed by atoms with Gasteiger partial charge in [0.1, 0.15) is 6.61 Å². The van der Waals surface area contributed by atoms with Crippen LogP contribution in [-0.4, -0.2) is 24.4 Å². The fraction of sp³-hybridized carbons (Fsp3) is 0.300. The highest BCUT2D eigenvalue weighted by Crippen LogP contribution is 2.23. The number of Topliss-reactive ketones (excluding diaryl/α,β-unsaturated/α-hetero) is 1. The van der Waals surface area contributed by atoms with Crippen LogP contribution in [0.4, 0.5) is 5.69 Å². The zero-order valence-corrected chi connectivity index (χ0v) is 10.2. The standard InChI is InChI=1S/C10H10BrNO4/c1-16-6-9(13)4-7-2-3-8(12(14)15)5-10(7)11/h2-3,5H,4,6H2,1H3. The summed E-state index contributed by atoms with van der Waals surface area (Å²) in [6, 6.07) is 4.32. The second-order valence-electron chi connectivity index (χ2n) is 3.18. The zero-order valence-electron chi connectivity index (χ0n) is 8.60. The Balaban J connectivity index is 2.83. The molecule has 0 amide bonds. The molecule has 0 aromatic heterocycles. The van der Waals surface area contributed by atoms with E-state index in [0.717, 1.165) is 0 Å². The van der Waals surface area contributed by atoms with Crippen molar-refractivity contribution in [3.63, 3.8) is 0 Å². The maximum Gasteiger partial charge on any atom is 0.270 e. The lowest BCUT2D eigenvalue weighted by Crippen LogP contribution is -2.10.